The van der Waals surface area contributed by atoms with Gasteiger partial charge in [-0.1, -0.05) is 36.4 Å². The van der Waals surface area contributed by atoms with Crippen LogP contribution in [-0.2, 0) is 16.6 Å². The van der Waals surface area contributed by atoms with E-state index in [9.17, 15) is 8.42 Å². The summed E-state index contributed by atoms with van der Waals surface area (Å²) in [6, 6.07) is 22.4. The van der Waals surface area contributed by atoms with Gasteiger partial charge < -0.3 is 5.32 Å². The number of thioether (sulfide) groups is 1. The Balaban J connectivity index is 1.54. The van der Waals surface area contributed by atoms with Crippen LogP contribution < -0.4 is 15.6 Å². The van der Waals surface area contributed by atoms with Gasteiger partial charge in [-0.05, 0) is 54.9 Å². The van der Waals surface area contributed by atoms with Gasteiger partial charge in [0.15, 0.2) is 0 Å². The molecule has 1 heterocycles. The zero-order chi connectivity index (χ0) is 21.1. The van der Waals surface area contributed by atoms with E-state index in [2.05, 4.69) is 32.7 Å². The van der Waals surface area contributed by atoms with Gasteiger partial charge in [-0.3, -0.25) is 4.98 Å². The van der Waals surface area contributed by atoms with Crippen molar-refractivity contribution in [1.82, 2.24) is 20.6 Å². The Kier molecular flexibility index (Phi) is 8.85. The van der Waals surface area contributed by atoms with Crippen molar-refractivity contribution in [2.45, 2.75) is 28.8 Å². The lowest BCUT2D eigenvalue weighted by Gasteiger charge is -2.19. The zero-order valence-corrected chi connectivity index (χ0v) is 18.2. The number of hydrazine groups is 1. The van der Waals surface area contributed by atoms with Crippen molar-refractivity contribution < 1.29 is 8.42 Å². The van der Waals surface area contributed by atoms with E-state index in [1.54, 1.807) is 54.5 Å². The molecule has 0 aliphatic carbocycles. The average Bonchev–Trinajstić information content (AvgIpc) is 2.80. The third-order valence-corrected chi connectivity index (χ3v) is 6.85. The van der Waals surface area contributed by atoms with E-state index < -0.39 is 10.0 Å². The third kappa shape index (κ3) is 7.55. The quantitative estimate of drug-likeness (QED) is 0.227. The van der Waals surface area contributed by atoms with Crippen LogP contribution in [0.5, 0.6) is 0 Å². The molecule has 6 nitrogen and oxygen atoms in total. The number of nitrogens with zero attached hydrogens (tertiary/aromatic N) is 1. The van der Waals surface area contributed by atoms with Crippen molar-refractivity contribution in [3.8, 4) is 0 Å². The first-order valence-corrected chi connectivity index (χ1v) is 12.2. The predicted octanol–water partition coefficient (Wildman–Crippen LogP) is 3.21. The number of hydrogen-bond acceptors (Lipinski definition) is 6. The average molecular weight is 443 g/mol. The lowest BCUT2D eigenvalue weighted by Crippen LogP contribution is -2.46. The third-order valence-electron chi connectivity index (χ3n) is 4.39. The summed E-state index contributed by atoms with van der Waals surface area (Å²) < 4.78 is 25.0. The largest absolute Gasteiger partial charge is 0.313 e. The van der Waals surface area contributed by atoms with E-state index in [4.69, 9.17) is 0 Å². The Bertz CT molecular complexity index is 972. The highest BCUT2D eigenvalue weighted by atomic mass is 32.2. The first-order valence-electron chi connectivity index (χ1n) is 9.73. The monoisotopic (exact) mass is 442 g/mol. The van der Waals surface area contributed by atoms with Gasteiger partial charge in [0, 0.05) is 35.6 Å². The van der Waals surface area contributed by atoms with Crippen molar-refractivity contribution in [1.29, 1.82) is 0 Å². The summed E-state index contributed by atoms with van der Waals surface area (Å²) >= 11 is 1.70. The standard InChI is InChI=1S/C22H26N4O2S2/c27-30(28,22-9-5-2-6-10-22)26-25-20(18-29-21-7-3-1-4-8-21)13-16-24-17-19-11-14-23-15-12-19/h1-12,14-15,20,24-26H,13,16-18H2. The summed E-state index contributed by atoms with van der Waals surface area (Å²) in [5.41, 5.74) is 4.18. The molecule has 3 aromatic rings. The molecule has 1 aromatic heterocycles. The van der Waals surface area contributed by atoms with Crippen molar-refractivity contribution in [3.63, 3.8) is 0 Å². The Morgan fingerprint density at radius 2 is 1.57 bits per heavy atom. The molecule has 1 atom stereocenters. The van der Waals surface area contributed by atoms with Gasteiger partial charge in [-0.2, -0.15) is 0 Å². The molecule has 3 N–H and O–H groups in total. The van der Waals surface area contributed by atoms with Crippen LogP contribution >= 0.6 is 11.8 Å². The van der Waals surface area contributed by atoms with E-state index in [1.165, 1.54) is 0 Å². The number of hydrogen-bond donors (Lipinski definition) is 3. The smallest absolute Gasteiger partial charge is 0.253 e. The highest BCUT2D eigenvalue weighted by Crippen LogP contribution is 2.18. The van der Waals surface area contributed by atoms with Gasteiger partial charge in [0.05, 0.1) is 4.90 Å². The minimum atomic E-state index is -3.61. The van der Waals surface area contributed by atoms with Crippen LogP contribution in [-0.4, -0.2) is 31.7 Å². The van der Waals surface area contributed by atoms with Crippen LogP contribution in [0.25, 0.3) is 0 Å². The molecule has 3 rings (SSSR count). The molecule has 2 aromatic carbocycles. The molecule has 1 unspecified atom stereocenters. The number of aromatic nitrogens is 1. The van der Waals surface area contributed by atoms with Gasteiger partial charge in [-0.25, -0.2) is 13.8 Å². The molecular formula is C22H26N4O2S2. The normalized spacial score (nSPS) is 12.5. The molecule has 158 valence electrons. The Hall–Kier alpha value is -2.23. The van der Waals surface area contributed by atoms with Crippen molar-refractivity contribution in [3.05, 3.63) is 90.8 Å². The first kappa shape index (κ1) is 22.5. The molecule has 0 bridgehead atoms. The summed E-state index contributed by atoms with van der Waals surface area (Å²) in [4.78, 5) is 7.96. The van der Waals surface area contributed by atoms with Crippen molar-refractivity contribution in [2.75, 3.05) is 12.3 Å². The number of sulfonamides is 1. The van der Waals surface area contributed by atoms with Crippen LogP contribution in [0.2, 0.25) is 0 Å². The van der Waals surface area contributed by atoms with Crippen LogP contribution in [0.4, 0.5) is 0 Å². The fraction of sp³-hybridized carbons (Fsp3) is 0.227. The number of pyridine rings is 1. The molecule has 0 aliphatic rings. The zero-order valence-electron chi connectivity index (χ0n) is 16.6. The van der Waals surface area contributed by atoms with E-state index in [1.807, 2.05) is 30.3 Å². The van der Waals surface area contributed by atoms with Crippen LogP contribution in [0.15, 0.2) is 95.0 Å². The summed E-state index contributed by atoms with van der Waals surface area (Å²) in [7, 11) is -3.61. The van der Waals surface area contributed by atoms with Crippen molar-refractivity contribution >= 4 is 21.8 Å². The fourth-order valence-corrected chi connectivity index (χ4v) is 4.69. The topological polar surface area (TPSA) is 83.1 Å². The number of rotatable bonds is 12. The molecule has 0 aliphatic heterocycles. The number of benzene rings is 2. The molecule has 0 saturated carbocycles. The van der Waals surface area contributed by atoms with Gasteiger partial charge in [0.25, 0.3) is 10.0 Å². The molecule has 0 amide bonds. The van der Waals surface area contributed by atoms with Crippen LogP contribution in [0, 0.1) is 0 Å². The highest BCUT2D eigenvalue weighted by molar-refractivity contribution is 7.99. The second-order valence-electron chi connectivity index (χ2n) is 6.70. The fourth-order valence-electron chi connectivity index (χ4n) is 2.74. The van der Waals surface area contributed by atoms with Gasteiger partial charge in [0.2, 0.25) is 0 Å². The lowest BCUT2D eigenvalue weighted by molar-refractivity contribution is 0.470. The van der Waals surface area contributed by atoms with Gasteiger partial charge in [0.1, 0.15) is 0 Å². The molecule has 0 saturated heterocycles. The minimum Gasteiger partial charge on any atom is -0.313 e. The minimum absolute atomic E-state index is 0.0429. The first-order chi connectivity index (χ1) is 14.6. The van der Waals surface area contributed by atoms with E-state index in [0.29, 0.717) is 0 Å². The van der Waals surface area contributed by atoms with E-state index in [0.717, 1.165) is 35.7 Å². The molecule has 30 heavy (non-hydrogen) atoms. The maximum atomic E-state index is 12.5. The Morgan fingerprint density at radius 1 is 0.900 bits per heavy atom. The maximum Gasteiger partial charge on any atom is 0.253 e. The lowest BCUT2D eigenvalue weighted by atomic mass is 10.2. The predicted molar refractivity (Wildman–Crippen MR) is 121 cm³/mol. The molecule has 0 spiro atoms. The second kappa shape index (κ2) is 11.8. The number of nitrogens with one attached hydrogen (secondary N) is 3. The Morgan fingerprint density at radius 3 is 2.27 bits per heavy atom. The summed E-state index contributed by atoms with van der Waals surface area (Å²) in [6.07, 6.45) is 4.31. The summed E-state index contributed by atoms with van der Waals surface area (Å²) in [6.45, 7) is 1.50. The van der Waals surface area contributed by atoms with Crippen LogP contribution in [0.3, 0.4) is 0 Å². The van der Waals surface area contributed by atoms with Crippen molar-refractivity contribution in [2.24, 2.45) is 0 Å². The maximum absolute atomic E-state index is 12.5. The Labute approximate surface area is 182 Å². The van der Waals surface area contributed by atoms with Gasteiger partial charge >= 0.3 is 0 Å². The molecule has 8 heteroatoms. The molecular weight excluding hydrogens is 416 g/mol. The van der Waals surface area contributed by atoms with Gasteiger partial charge in [-0.15, -0.1) is 16.6 Å². The highest BCUT2D eigenvalue weighted by Gasteiger charge is 2.16. The summed E-state index contributed by atoms with van der Waals surface area (Å²) in [5, 5.41) is 3.40. The second-order valence-corrected chi connectivity index (χ2v) is 9.48. The summed E-state index contributed by atoms with van der Waals surface area (Å²) in [5.74, 6) is 0.734. The molecule has 0 fully saturated rings. The van der Waals surface area contributed by atoms with E-state index in [-0.39, 0.29) is 10.9 Å². The van der Waals surface area contributed by atoms with Crippen LogP contribution in [0.1, 0.15) is 12.0 Å². The SMILES string of the molecule is O=S(=O)(NNC(CCNCc1ccncc1)CSc1ccccc1)c1ccccc1. The van der Waals surface area contributed by atoms with E-state index >= 15 is 0 Å². The molecule has 0 radical (unpaired) electrons.